The number of anilines is 1. The van der Waals surface area contributed by atoms with E-state index in [0.717, 1.165) is 84.4 Å². The zero-order valence-corrected chi connectivity index (χ0v) is 23.2. The van der Waals surface area contributed by atoms with E-state index in [1.54, 1.807) is 0 Å². The molecule has 1 atom stereocenters. The molecule has 206 valence electrons. The number of aromatic nitrogens is 4. The second-order valence-corrected chi connectivity index (χ2v) is 11.6. The molecule has 4 aromatic rings. The maximum atomic E-state index is 6.59. The lowest BCUT2D eigenvalue weighted by molar-refractivity contribution is 0.0932. The molecule has 5 heterocycles. The minimum Gasteiger partial charge on any atom is -0.488 e. The van der Waals surface area contributed by atoms with Gasteiger partial charge in [0, 0.05) is 31.4 Å². The number of piperidine rings is 3. The Kier molecular flexibility index (Phi) is 6.91. The van der Waals surface area contributed by atoms with Crippen molar-refractivity contribution in [1.29, 1.82) is 0 Å². The highest BCUT2D eigenvalue weighted by Crippen LogP contribution is 2.35. The summed E-state index contributed by atoms with van der Waals surface area (Å²) in [4.78, 5) is 16.3. The first-order chi connectivity index (χ1) is 19.2. The van der Waals surface area contributed by atoms with Crippen molar-refractivity contribution in [3.8, 4) is 17.3 Å². The molecule has 2 aromatic carbocycles. The molecule has 8 heteroatoms. The Labute approximate surface area is 230 Å². The smallest absolute Gasteiger partial charge is 0.159 e. The maximum absolute atomic E-state index is 6.59. The summed E-state index contributed by atoms with van der Waals surface area (Å²) < 4.78 is 6.59. The molecule has 0 saturated carbocycles. The molecule has 8 nitrogen and oxygen atoms in total. The first kappa shape index (κ1) is 24.9. The minimum atomic E-state index is 0.198. The van der Waals surface area contributed by atoms with Crippen molar-refractivity contribution in [1.82, 2.24) is 30.0 Å². The van der Waals surface area contributed by atoms with E-state index in [9.17, 15) is 0 Å². The average Bonchev–Trinajstić information content (AvgIpc) is 3.62. The number of likely N-dealkylation sites (tertiary alicyclic amines) is 2. The molecule has 2 aromatic heterocycles. The SMILES string of the molecule is CCN1CCCC(Oc2cccc3[nH]nc(-c4nc5ccc(N6CCC(N7CCCCC7)CC6)cc5[nH]4)c23)C1. The van der Waals surface area contributed by atoms with E-state index in [4.69, 9.17) is 9.72 Å². The highest BCUT2D eigenvalue weighted by atomic mass is 16.5. The van der Waals surface area contributed by atoms with E-state index >= 15 is 0 Å². The molecule has 0 spiro atoms. The fourth-order valence-electron chi connectivity index (χ4n) is 6.97. The molecule has 7 rings (SSSR count). The Bertz CT molecular complexity index is 1410. The standard InChI is InChI=1S/C31H41N7O/c1-2-36-15-7-8-24(21-36)39-28-10-6-9-26-29(28)30(35-34-26)31-32-25-12-11-23(20-27(25)33-31)38-18-13-22(14-19-38)37-16-4-3-5-17-37/h6,9-12,20,22,24H,2-5,7-8,13-19,21H2,1H3,(H,32,33)(H,34,35). The van der Waals surface area contributed by atoms with Crippen LogP contribution in [-0.4, -0.2) is 87.9 Å². The molecule has 3 fully saturated rings. The first-order valence-electron chi connectivity index (χ1n) is 15.1. The quantitative estimate of drug-likeness (QED) is 0.349. The number of nitrogens with zero attached hydrogens (tertiary/aromatic N) is 5. The molecule has 2 N–H and O–H groups in total. The summed E-state index contributed by atoms with van der Waals surface area (Å²) in [6.07, 6.45) is 9.12. The van der Waals surface area contributed by atoms with Gasteiger partial charge in [0.25, 0.3) is 0 Å². The normalized spacial score (nSPS) is 22.2. The van der Waals surface area contributed by atoms with Crippen LogP contribution in [0.4, 0.5) is 5.69 Å². The molecule has 1 unspecified atom stereocenters. The molecule has 0 amide bonds. The van der Waals surface area contributed by atoms with Gasteiger partial charge in [0.2, 0.25) is 0 Å². The number of rotatable bonds is 6. The van der Waals surface area contributed by atoms with Crippen LogP contribution in [0.15, 0.2) is 36.4 Å². The van der Waals surface area contributed by atoms with Crippen molar-refractivity contribution in [2.24, 2.45) is 0 Å². The number of hydrogen-bond acceptors (Lipinski definition) is 6. The van der Waals surface area contributed by atoms with E-state index in [0.29, 0.717) is 0 Å². The van der Waals surface area contributed by atoms with Gasteiger partial charge in [-0.25, -0.2) is 4.98 Å². The summed E-state index contributed by atoms with van der Waals surface area (Å²) in [5.41, 5.74) is 5.11. The second kappa shape index (κ2) is 10.8. The van der Waals surface area contributed by atoms with E-state index in [1.165, 1.54) is 57.3 Å². The number of nitrogens with one attached hydrogen (secondary N) is 2. The monoisotopic (exact) mass is 527 g/mol. The Hall–Kier alpha value is -3.10. The Morgan fingerprint density at radius 3 is 2.64 bits per heavy atom. The van der Waals surface area contributed by atoms with Crippen LogP contribution >= 0.6 is 0 Å². The Balaban J connectivity index is 1.11. The molecular weight excluding hydrogens is 486 g/mol. The first-order valence-corrected chi connectivity index (χ1v) is 15.1. The van der Waals surface area contributed by atoms with Crippen LogP contribution < -0.4 is 9.64 Å². The number of ether oxygens (including phenoxy) is 1. The molecule has 0 aliphatic carbocycles. The van der Waals surface area contributed by atoms with Gasteiger partial charge in [-0.1, -0.05) is 19.4 Å². The molecule has 3 aliphatic heterocycles. The van der Waals surface area contributed by atoms with Crippen molar-refractivity contribution in [3.05, 3.63) is 36.4 Å². The third-order valence-electron chi connectivity index (χ3n) is 9.18. The zero-order chi connectivity index (χ0) is 26.2. The number of hydrogen-bond donors (Lipinski definition) is 2. The predicted molar refractivity (Wildman–Crippen MR) is 158 cm³/mol. The second-order valence-electron chi connectivity index (χ2n) is 11.6. The van der Waals surface area contributed by atoms with Crippen LogP contribution in [0.5, 0.6) is 5.75 Å². The summed E-state index contributed by atoms with van der Waals surface area (Å²) in [5.74, 6) is 1.67. The number of imidazole rings is 1. The van der Waals surface area contributed by atoms with Gasteiger partial charge in [0.15, 0.2) is 5.82 Å². The average molecular weight is 528 g/mol. The molecule has 0 bridgehead atoms. The van der Waals surface area contributed by atoms with Crippen LogP contribution in [-0.2, 0) is 0 Å². The number of H-pyrrole nitrogens is 2. The molecule has 0 radical (unpaired) electrons. The number of aromatic amines is 2. The van der Waals surface area contributed by atoms with Gasteiger partial charge in [-0.2, -0.15) is 5.10 Å². The molecule has 39 heavy (non-hydrogen) atoms. The van der Waals surface area contributed by atoms with E-state index in [-0.39, 0.29) is 6.10 Å². The Morgan fingerprint density at radius 1 is 0.923 bits per heavy atom. The van der Waals surface area contributed by atoms with Crippen molar-refractivity contribution in [3.63, 3.8) is 0 Å². The lowest BCUT2D eigenvalue weighted by atomic mass is 9.99. The largest absolute Gasteiger partial charge is 0.488 e. The zero-order valence-electron chi connectivity index (χ0n) is 23.2. The van der Waals surface area contributed by atoms with E-state index < -0.39 is 0 Å². The lowest BCUT2D eigenvalue weighted by Gasteiger charge is -2.41. The molecule has 3 aliphatic rings. The van der Waals surface area contributed by atoms with Gasteiger partial charge in [-0.3, -0.25) is 10.00 Å². The summed E-state index contributed by atoms with van der Waals surface area (Å²) in [5, 5.41) is 8.90. The summed E-state index contributed by atoms with van der Waals surface area (Å²) in [6, 6.07) is 13.6. The van der Waals surface area contributed by atoms with Crippen LogP contribution in [0.1, 0.15) is 51.9 Å². The van der Waals surface area contributed by atoms with Gasteiger partial charge < -0.3 is 19.5 Å². The topological polar surface area (TPSA) is 76.3 Å². The van der Waals surface area contributed by atoms with E-state index in [2.05, 4.69) is 67.1 Å². The Morgan fingerprint density at radius 2 is 1.79 bits per heavy atom. The predicted octanol–water partition coefficient (Wildman–Crippen LogP) is 5.42. The van der Waals surface area contributed by atoms with Crippen LogP contribution in [0.25, 0.3) is 33.5 Å². The van der Waals surface area contributed by atoms with Crippen LogP contribution in [0.2, 0.25) is 0 Å². The van der Waals surface area contributed by atoms with Gasteiger partial charge >= 0.3 is 0 Å². The van der Waals surface area contributed by atoms with Crippen molar-refractivity contribution >= 4 is 27.6 Å². The third-order valence-corrected chi connectivity index (χ3v) is 9.18. The number of benzene rings is 2. The molecule has 3 saturated heterocycles. The number of fused-ring (bicyclic) bond motifs is 2. The fourth-order valence-corrected chi connectivity index (χ4v) is 6.97. The van der Waals surface area contributed by atoms with Crippen molar-refractivity contribution in [2.45, 2.75) is 64.0 Å². The van der Waals surface area contributed by atoms with Crippen LogP contribution in [0, 0.1) is 0 Å². The summed E-state index contributed by atoms with van der Waals surface area (Å²) >= 11 is 0. The molecular formula is C31H41N7O. The summed E-state index contributed by atoms with van der Waals surface area (Å²) in [6.45, 7) is 10.3. The third kappa shape index (κ3) is 5.00. The highest BCUT2D eigenvalue weighted by Gasteiger charge is 2.26. The van der Waals surface area contributed by atoms with Gasteiger partial charge in [0.05, 0.1) is 21.9 Å². The van der Waals surface area contributed by atoms with Gasteiger partial charge in [-0.05, 0) is 95.0 Å². The van der Waals surface area contributed by atoms with Crippen molar-refractivity contribution < 1.29 is 4.74 Å². The summed E-state index contributed by atoms with van der Waals surface area (Å²) in [7, 11) is 0. The lowest BCUT2D eigenvalue weighted by Crippen LogP contribution is -2.46. The minimum absolute atomic E-state index is 0.198. The number of likely N-dealkylation sites (N-methyl/N-ethyl adjacent to an activating group) is 1. The van der Waals surface area contributed by atoms with Crippen molar-refractivity contribution in [2.75, 3.05) is 50.7 Å². The fraction of sp³-hybridized carbons (Fsp3) is 0.548. The van der Waals surface area contributed by atoms with Crippen LogP contribution in [0.3, 0.4) is 0 Å². The van der Waals surface area contributed by atoms with Gasteiger partial charge in [0.1, 0.15) is 17.5 Å². The van der Waals surface area contributed by atoms with E-state index in [1.807, 2.05) is 6.07 Å². The highest BCUT2D eigenvalue weighted by molar-refractivity contribution is 5.97. The van der Waals surface area contributed by atoms with Gasteiger partial charge in [-0.15, -0.1) is 0 Å². The maximum Gasteiger partial charge on any atom is 0.159 e.